The van der Waals surface area contributed by atoms with Gasteiger partial charge in [-0.15, -0.1) is 0 Å². The zero-order valence-corrected chi connectivity index (χ0v) is 10.2. The van der Waals surface area contributed by atoms with Crippen LogP contribution in [0.4, 0.5) is 5.82 Å². The number of hydrogen-bond donors (Lipinski definition) is 2. The van der Waals surface area contributed by atoms with Gasteiger partial charge in [-0.3, -0.25) is 4.79 Å². The fourth-order valence-corrected chi connectivity index (χ4v) is 2.11. The van der Waals surface area contributed by atoms with Crippen molar-refractivity contribution in [2.24, 2.45) is 5.73 Å². The molecule has 0 aromatic carbocycles. The van der Waals surface area contributed by atoms with Crippen LogP contribution in [-0.4, -0.2) is 36.6 Å². The molecule has 1 unspecified atom stereocenters. The standard InChI is InChI=1S/C12H15N5O/c1-8-2-3-16-12(9(8)6-13)17-5-4-15-7-10(17)11(14)18/h2-3,10,15H,4-5,7H2,1H3,(H2,14,18). The van der Waals surface area contributed by atoms with Crippen LogP contribution in [0.25, 0.3) is 0 Å². The van der Waals surface area contributed by atoms with Crippen LogP contribution in [0.5, 0.6) is 0 Å². The number of carbonyl (C=O) groups excluding carboxylic acids is 1. The van der Waals surface area contributed by atoms with Gasteiger partial charge in [0, 0.05) is 25.8 Å². The second-order valence-electron chi connectivity index (χ2n) is 4.25. The molecule has 1 aliphatic heterocycles. The van der Waals surface area contributed by atoms with E-state index in [1.54, 1.807) is 12.3 Å². The van der Waals surface area contributed by atoms with Crippen molar-refractivity contribution >= 4 is 11.7 Å². The molecular weight excluding hydrogens is 230 g/mol. The number of anilines is 1. The summed E-state index contributed by atoms with van der Waals surface area (Å²) in [7, 11) is 0. The van der Waals surface area contributed by atoms with Gasteiger partial charge in [-0.2, -0.15) is 5.26 Å². The van der Waals surface area contributed by atoms with E-state index in [4.69, 9.17) is 5.73 Å². The summed E-state index contributed by atoms with van der Waals surface area (Å²) in [6.45, 7) is 3.68. The number of amides is 1. The van der Waals surface area contributed by atoms with Crippen molar-refractivity contribution in [1.29, 1.82) is 5.26 Å². The minimum Gasteiger partial charge on any atom is -0.368 e. The number of aromatic nitrogens is 1. The van der Waals surface area contributed by atoms with Crippen molar-refractivity contribution in [1.82, 2.24) is 10.3 Å². The molecule has 6 heteroatoms. The van der Waals surface area contributed by atoms with Gasteiger partial charge in [0.25, 0.3) is 0 Å². The maximum Gasteiger partial charge on any atom is 0.241 e. The van der Waals surface area contributed by atoms with Crippen molar-refractivity contribution < 1.29 is 4.79 Å². The second kappa shape index (κ2) is 5.02. The first-order valence-corrected chi connectivity index (χ1v) is 5.77. The van der Waals surface area contributed by atoms with Gasteiger partial charge in [-0.1, -0.05) is 0 Å². The highest BCUT2D eigenvalue weighted by atomic mass is 16.1. The minimum absolute atomic E-state index is 0.408. The Morgan fingerprint density at radius 3 is 3.17 bits per heavy atom. The highest BCUT2D eigenvalue weighted by Gasteiger charge is 2.29. The van der Waals surface area contributed by atoms with Crippen molar-refractivity contribution in [2.75, 3.05) is 24.5 Å². The fourth-order valence-electron chi connectivity index (χ4n) is 2.11. The monoisotopic (exact) mass is 245 g/mol. The Labute approximate surface area is 105 Å². The summed E-state index contributed by atoms with van der Waals surface area (Å²) in [4.78, 5) is 17.5. The van der Waals surface area contributed by atoms with E-state index in [9.17, 15) is 10.1 Å². The summed E-state index contributed by atoms with van der Waals surface area (Å²) in [5.74, 6) is 0.136. The lowest BCUT2D eigenvalue weighted by molar-refractivity contribution is -0.119. The zero-order chi connectivity index (χ0) is 13.1. The van der Waals surface area contributed by atoms with Crippen molar-refractivity contribution in [3.63, 3.8) is 0 Å². The SMILES string of the molecule is Cc1ccnc(N2CCNCC2C(N)=O)c1C#N. The molecule has 2 rings (SSSR count). The van der Waals surface area contributed by atoms with Gasteiger partial charge < -0.3 is 16.0 Å². The Morgan fingerprint density at radius 2 is 2.50 bits per heavy atom. The summed E-state index contributed by atoms with van der Waals surface area (Å²) >= 11 is 0. The van der Waals surface area contributed by atoms with Crippen LogP contribution in [0.2, 0.25) is 0 Å². The first kappa shape index (κ1) is 12.3. The Hall–Kier alpha value is -2.13. The van der Waals surface area contributed by atoms with Crippen molar-refractivity contribution in [3.8, 4) is 6.07 Å². The summed E-state index contributed by atoms with van der Waals surface area (Å²) in [5, 5.41) is 12.3. The van der Waals surface area contributed by atoms with Crippen molar-refractivity contribution in [3.05, 3.63) is 23.4 Å². The topological polar surface area (TPSA) is 95.0 Å². The number of nitriles is 1. The highest BCUT2D eigenvalue weighted by molar-refractivity contribution is 5.84. The number of nitrogens with one attached hydrogen (secondary N) is 1. The Morgan fingerprint density at radius 1 is 1.72 bits per heavy atom. The second-order valence-corrected chi connectivity index (χ2v) is 4.25. The Kier molecular flexibility index (Phi) is 3.44. The predicted octanol–water partition coefficient (Wildman–Crippen LogP) is -0.475. The molecule has 2 heterocycles. The van der Waals surface area contributed by atoms with Gasteiger partial charge in [0.05, 0.1) is 5.56 Å². The largest absolute Gasteiger partial charge is 0.368 e. The van der Waals surface area contributed by atoms with E-state index >= 15 is 0 Å². The van der Waals surface area contributed by atoms with Crippen LogP contribution in [0, 0.1) is 18.3 Å². The Balaban J connectivity index is 2.43. The van der Waals surface area contributed by atoms with Gasteiger partial charge in [0.2, 0.25) is 5.91 Å². The molecule has 1 aromatic rings. The molecule has 0 aliphatic carbocycles. The quantitative estimate of drug-likeness (QED) is 0.734. The molecule has 0 bridgehead atoms. The van der Waals surface area contributed by atoms with E-state index in [0.29, 0.717) is 24.5 Å². The highest BCUT2D eigenvalue weighted by Crippen LogP contribution is 2.22. The normalized spacial score (nSPS) is 19.3. The average Bonchev–Trinajstić information content (AvgIpc) is 2.38. The van der Waals surface area contributed by atoms with Crippen molar-refractivity contribution in [2.45, 2.75) is 13.0 Å². The van der Waals surface area contributed by atoms with Gasteiger partial charge in [-0.25, -0.2) is 4.98 Å². The van der Waals surface area contributed by atoms with Crippen LogP contribution in [-0.2, 0) is 4.79 Å². The molecule has 1 saturated heterocycles. The van der Waals surface area contributed by atoms with Gasteiger partial charge >= 0.3 is 0 Å². The van der Waals surface area contributed by atoms with E-state index < -0.39 is 11.9 Å². The van der Waals surface area contributed by atoms with E-state index in [-0.39, 0.29) is 0 Å². The average molecular weight is 245 g/mol. The van der Waals surface area contributed by atoms with E-state index in [1.165, 1.54) is 0 Å². The maximum absolute atomic E-state index is 11.5. The number of nitrogens with two attached hydrogens (primary N) is 1. The number of aryl methyl sites for hydroxylation is 1. The van der Waals surface area contributed by atoms with E-state index in [1.807, 2.05) is 11.8 Å². The number of piperazine rings is 1. The molecule has 1 amide bonds. The lowest BCUT2D eigenvalue weighted by atomic mass is 10.1. The van der Waals surface area contributed by atoms with Gasteiger partial charge in [-0.05, 0) is 18.6 Å². The lowest BCUT2D eigenvalue weighted by Gasteiger charge is -2.35. The van der Waals surface area contributed by atoms with Crippen LogP contribution >= 0.6 is 0 Å². The number of pyridine rings is 1. The molecule has 1 fully saturated rings. The summed E-state index contributed by atoms with van der Waals surface area (Å²) < 4.78 is 0. The third kappa shape index (κ3) is 2.13. The molecule has 6 nitrogen and oxygen atoms in total. The minimum atomic E-state index is -0.458. The van der Waals surface area contributed by atoms with Crippen LogP contribution < -0.4 is 16.0 Å². The van der Waals surface area contributed by atoms with Crippen LogP contribution in [0.1, 0.15) is 11.1 Å². The number of nitrogens with zero attached hydrogens (tertiary/aromatic N) is 3. The number of rotatable bonds is 2. The molecule has 0 saturated carbocycles. The third-order valence-electron chi connectivity index (χ3n) is 3.09. The summed E-state index contributed by atoms with van der Waals surface area (Å²) in [6, 6.07) is 3.47. The number of carbonyl (C=O) groups is 1. The van der Waals surface area contributed by atoms with E-state index in [2.05, 4.69) is 16.4 Å². The molecule has 1 aliphatic rings. The smallest absolute Gasteiger partial charge is 0.241 e. The predicted molar refractivity (Wildman–Crippen MR) is 66.9 cm³/mol. The lowest BCUT2D eigenvalue weighted by Crippen LogP contribution is -2.57. The third-order valence-corrected chi connectivity index (χ3v) is 3.09. The number of hydrogen-bond acceptors (Lipinski definition) is 5. The molecule has 18 heavy (non-hydrogen) atoms. The maximum atomic E-state index is 11.5. The molecule has 3 N–H and O–H groups in total. The first-order chi connectivity index (χ1) is 8.65. The van der Waals surface area contributed by atoms with Gasteiger partial charge in [0.1, 0.15) is 17.9 Å². The molecular formula is C12H15N5O. The number of primary amides is 1. The summed E-state index contributed by atoms with van der Waals surface area (Å²) in [5.41, 5.74) is 6.75. The van der Waals surface area contributed by atoms with Crippen LogP contribution in [0.3, 0.4) is 0 Å². The molecule has 94 valence electrons. The molecule has 0 spiro atoms. The molecule has 1 atom stereocenters. The first-order valence-electron chi connectivity index (χ1n) is 5.77. The van der Waals surface area contributed by atoms with Crippen LogP contribution in [0.15, 0.2) is 12.3 Å². The molecule has 0 radical (unpaired) electrons. The van der Waals surface area contributed by atoms with Gasteiger partial charge in [0.15, 0.2) is 0 Å². The fraction of sp³-hybridized carbons (Fsp3) is 0.417. The Bertz CT molecular complexity index is 508. The van der Waals surface area contributed by atoms with E-state index in [0.717, 1.165) is 12.1 Å². The summed E-state index contributed by atoms with van der Waals surface area (Å²) in [6.07, 6.45) is 1.64. The zero-order valence-electron chi connectivity index (χ0n) is 10.2. The molecule has 1 aromatic heterocycles.